The fraction of sp³-hybridized carbons (Fsp3) is 0.432. The van der Waals surface area contributed by atoms with Crippen molar-refractivity contribution in [3.63, 3.8) is 0 Å². The average Bonchev–Trinajstić information content (AvgIpc) is 3.83. The third-order valence-corrected chi connectivity index (χ3v) is 10.8. The molecule has 4 heterocycles. The molecule has 2 aliphatic heterocycles. The number of benzene rings is 2. The quantitative estimate of drug-likeness (QED) is 0.131. The Balaban J connectivity index is 1.23. The Morgan fingerprint density at radius 1 is 0.966 bits per heavy atom. The third kappa shape index (κ3) is 10.2. The first kappa shape index (κ1) is 42.7. The van der Waals surface area contributed by atoms with E-state index in [1.165, 1.54) is 7.11 Å². The first-order valence-corrected chi connectivity index (χ1v) is 20.2. The molecule has 2 aromatic carbocycles. The molecule has 2 amide bonds. The van der Waals surface area contributed by atoms with E-state index in [-0.39, 0.29) is 43.0 Å². The lowest BCUT2D eigenvalue weighted by Gasteiger charge is -2.29. The maximum Gasteiger partial charge on any atom is 0.410 e. The van der Waals surface area contributed by atoms with Crippen LogP contribution in [0.15, 0.2) is 60.8 Å². The number of nitrogens with one attached hydrogen (secondary N) is 1. The van der Waals surface area contributed by atoms with E-state index in [1.54, 1.807) is 18.2 Å². The second-order valence-electron chi connectivity index (χ2n) is 16.0. The molecular formula is C44H51Cl2N5O7. The first-order chi connectivity index (χ1) is 27.6. The molecule has 0 aliphatic carbocycles. The van der Waals surface area contributed by atoms with Crippen LogP contribution in [-0.2, 0) is 32.2 Å². The number of halogens is 2. The van der Waals surface area contributed by atoms with Gasteiger partial charge >= 0.3 is 12.1 Å². The molecule has 0 saturated carbocycles. The number of rotatable bonds is 13. The molecule has 0 bridgehead atoms. The minimum Gasteiger partial charge on any atom is -0.496 e. The predicted molar refractivity (Wildman–Crippen MR) is 224 cm³/mol. The van der Waals surface area contributed by atoms with Crippen LogP contribution in [0.2, 0.25) is 10.0 Å². The van der Waals surface area contributed by atoms with Crippen LogP contribution in [-0.4, -0.2) is 89.3 Å². The van der Waals surface area contributed by atoms with E-state index in [0.29, 0.717) is 81.2 Å². The van der Waals surface area contributed by atoms with Gasteiger partial charge in [-0.25, -0.2) is 9.78 Å². The van der Waals surface area contributed by atoms with Crippen molar-refractivity contribution in [1.82, 2.24) is 25.1 Å². The van der Waals surface area contributed by atoms with Gasteiger partial charge in [0.2, 0.25) is 11.8 Å². The van der Waals surface area contributed by atoms with Crippen LogP contribution in [0.25, 0.3) is 33.6 Å². The highest BCUT2D eigenvalue weighted by atomic mass is 35.5. The van der Waals surface area contributed by atoms with Gasteiger partial charge in [0, 0.05) is 71.7 Å². The van der Waals surface area contributed by atoms with Gasteiger partial charge in [-0.15, -0.1) is 0 Å². The van der Waals surface area contributed by atoms with Crippen molar-refractivity contribution in [3.8, 4) is 45.3 Å². The molecule has 308 valence electrons. The highest BCUT2D eigenvalue weighted by molar-refractivity contribution is 6.39. The largest absolute Gasteiger partial charge is 0.496 e. The number of pyridine rings is 2. The highest BCUT2D eigenvalue weighted by Gasteiger charge is 2.31. The van der Waals surface area contributed by atoms with Gasteiger partial charge in [-0.3, -0.25) is 19.5 Å². The molecule has 2 aliphatic rings. The smallest absolute Gasteiger partial charge is 0.410 e. The topological polar surface area (TPSA) is 132 Å². The van der Waals surface area contributed by atoms with E-state index in [9.17, 15) is 14.4 Å². The second-order valence-corrected chi connectivity index (χ2v) is 16.7. The van der Waals surface area contributed by atoms with E-state index >= 15 is 0 Å². The first-order valence-electron chi connectivity index (χ1n) is 19.5. The van der Waals surface area contributed by atoms with Crippen LogP contribution in [0.5, 0.6) is 11.6 Å². The van der Waals surface area contributed by atoms with E-state index in [4.69, 9.17) is 47.1 Å². The summed E-state index contributed by atoms with van der Waals surface area (Å²) in [6.07, 6.45) is 2.87. The van der Waals surface area contributed by atoms with Gasteiger partial charge in [0.05, 0.1) is 54.2 Å². The molecule has 4 aromatic rings. The van der Waals surface area contributed by atoms with Gasteiger partial charge in [-0.05, 0) is 78.3 Å². The van der Waals surface area contributed by atoms with Gasteiger partial charge in [-0.1, -0.05) is 53.5 Å². The number of hydrogen-bond donors (Lipinski definition) is 1. The maximum absolute atomic E-state index is 13.3. The van der Waals surface area contributed by atoms with Crippen molar-refractivity contribution in [3.05, 3.63) is 82.0 Å². The number of hydrogen-bond acceptors (Lipinski definition) is 10. The molecule has 2 fully saturated rings. The minimum atomic E-state index is -0.705. The van der Waals surface area contributed by atoms with E-state index in [1.807, 2.05) is 89.2 Å². The van der Waals surface area contributed by atoms with Gasteiger partial charge in [0.25, 0.3) is 0 Å². The fourth-order valence-corrected chi connectivity index (χ4v) is 7.93. The van der Waals surface area contributed by atoms with Crippen LogP contribution < -0.4 is 14.8 Å². The third-order valence-electron chi connectivity index (χ3n) is 10.0. The second kappa shape index (κ2) is 18.3. The van der Waals surface area contributed by atoms with Crippen LogP contribution in [0, 0.1) is 5.92 Å². The van der Waals surface area contributed by atoms with Gasteiger partial charge in [0.15, 0.2) is 0 Å². The summed E-state index contributed by atoms with van der Waals surface area (Å²) in [7, 11) is 3.16. The Labute approximate surface area is 350 Å². The molecule has 2 saturated heterocycles. The molecule has 1 N–H and O–H groups in total. The molecule has 2 aromatic heterocycles. The molecule has 58 heavy (non-hydrogen) atoms. The Bertz CT molecular complexity index is 2160. The molecule has 2 atom stereocenters. The van der Waals surface area contributed by atoms with Crippen LogP contribution in [0.4, 0.5) is 4.79 Å². The van der Waals surface area contributed by atoms with Crippen molar-refractivity contribution in [2.75, 3.05) is 33.9 Å². The summed E-state index contributed by atoms with van der Waals surface area (Å²) in [5, 5.41) is 3.79. The van der Waals surface area contributed by atoms with Crippen molar-refractivity contribution in [2.24, 2.45) is 5.92 Å². The van der Waals surface area contributed by atoms with Crippen molar-refractivity contribution < 1.29 is 33.3 Å². The average molecular weight is 833 g/mol. The van der Waals surface area contributed by atoms with Gasteiger partial charge in [-0.2, -0.15) is 0 Å². The number of nitrogens with zero attached hydrogens (tertiary/aromatic N) is 4. The van der Waals surface area contributed by atoms with Crippen molar-refractivity contribution >= 4 is 41.2 Å². The molecule has 12 nitrogen and oxygen atoms in total. The number of carbonyl (C=O) groups is 3. The van der Waals surface area contributed by atoms with Gasteiger partial charge < -0.3 is 29.2 Å². The zero-order valence-corrected chi connectivity index (χ0v) is 35.6. The number of carbonyl (C=O) groups excluding carboxylic acids is 3. The number of aromatic nitrogens is 2. The number of ether oxygens (including phenoxy) is 4. The minimum absolute atomic E-state index is 0.0354. The summed E-state index contributed by atoms with van der Waals surface area (Å²) >= 11 is 14.3. The van der Waals surface area contributed by atoms with E-state index in [2.05, 4.69) is 15.2 Å². The lowest BCUT2D eigenvalue weighted by molar-refractivity contribution is -0.151. The van der Waals surface area contributed by atoms with Crippen molar-refractivity contribution in [2.45, 2.75) is 84.7 Å². The number of methoxy groups -OCH3 is 2. The van der Waals surface area contributed by atoms with E-state index < -0.39 is 11.7 Å². The Morgan fingerprint density at radius 3 is 2.40 bits per heavy atom. The summed E-state index contributed by atoms with van der Waals surface area (Å²) in [5.41, 5.74) is 4.88. The number of likely N-dealkylation sites (tertiary alicyclic amines) is 1. The summed E-state index contributed by atoms with van der Waals surface area (Å²) in [4.78, 5) is 51.0. The normalized spacial score (nSPS) is 17.0. The molecule has 14 heteroatoms. The molecule has 6 rings (SSSR count). The van der Waals surface area contributed by atoms with Crippen molar-refractivity contribution in [1.29, 1.82) is 0 Å². The molecule has 0 unspecified atom stereocenters. The zero-order valence-electron chi connectivity index (χ0n) is 34.1. The van der Waals surface area contributed by atoms with Gasteiger partial charge in [0.1, 0.15) is 11.4 Å². The maximum atomic E-state index is 13.3. The highest BCUT2D eigenvalue weighted by Crippen LogP contribution is 2.42. The predicted octanol–water partition coefficient (Wildman–Crippen LogP) is 8.59. The Morgan fingerprint density at radius 2 is 1.71 bits per heavy atom. The summed E-state index contributed by atoms with van der Waals surface area (Å²) in [6.45, 7) is 11.6. The molecule has 0 spiro atoms. The Kier molecular flexibility index (Phi) is 13.5. The Hall–Kier alpha value is -4.91. The van der Waals surface area contributed by atoms with Crippen LogP contribution in [0.1, 0.15) is 65.0 Å². The van der Waals surface area contributed by atoms with E-state index in [0.717, 1.165) is 24.1 Å². The molecule has 0 radical (unpaired) electrons. The standard InChI is InChI=1S/C44H51Cl2N5O7/c1-26(2)57-42(53)30-18-20-50(23-30)22-28-12-11-27(21-36(28)55-6)40-39(46)33(17-19-47-40)32-9-8-10-34(38(32)45)35-15-13-29(41(49-35)56-7)24-51(43(54)58-44(3,4)5)25-31-14-16-37(52)48-31/h8-13,15,17,19,21,26,30-31H,14,16,18,20,22-25H2,1-7H3,(H,48,52)/t30-,31-/m0/s1. The summed E-state index contributed by atoms with van der Waals surface area (Å²) in [5.74, 6) is 0.695. The summed E-state index contributed by atoms with van der Waals surface area (Å²) in [6, 6.07) is 16.9. The summed E-state index contributed by atoms with van der Waals surface area (Å²) < 4.78 is 22.7. The SMILES string of the molecule is COc1cc(-c2nccc(-c3cccc(-c4ccc(CN(C[C@@H]5CCC(=O)N5)C(=O)OC(C)(C)C)c(OC)n4)c3Cl)c2Cl)ccc1CN1CC[C@H](C(=O)OC(C)C)C1. The van der Waals surface area contributed by atoms with Crippen LogP contribution >= 0.6 is 23.2 Å². The lowest BCUT2D eigenvalue weighted by Crippen LogP contribution is -2.43. The molecular weight excluding hydrogens is 781 g/mol. The fourth-order valence-electron chi connectivity index (χ4n) is 7.28. The number of esters is 1. The van der Waals surface area contributed by atoms with Crippen LogP contribution in [0.3, 0.4) is 0 Å². The lowest BCUT2D eigenvalue weighted by atomic mass is 9.99. The number of amides is 2. The zero-order chi connectivity index (χ0) is 41.7. The monoisotopic (exact) mass is 831 g/mol.